The van der Waals surface area contributed by atoms with Crippen molar-refractivity contribution in [3.8, 4) is 0 Å². The third kappa shape index (κ3) is 6.29. The van der Waals surface area contributed by atoms with Gasteiger partial charge in [-0.1, -0.05) is 45.2 Å². The van der Waals surface area contributed by atoms with E-state index in [0.29, 0.717) is 13.0 Å². The van der Waals surface area contributed by atoms with Crippen LogP contribution in [0.25, 0.3) is 0 Å². The van der Waals surface area contributed by atoms with Gasteiger partial charge in [0.15, 0.2) is 0 Å². The summed E-state index contributed by atoms with van der Waals surface area (Å²) in [5, 5.41) is 19.3. The quantitative estimate of drug-likeness (QED) is 0.475. The van der Waals surface area contributed by atoms with E-state index in [1.807, 2.05) is 13.8 Å². The van der Waals surface area contributed by atoms with Crippen LogP contribution >= 0.6 is 0 Å². The summed E-state index contributed by atoms with van der Waals surface area (Å²) in [7, 11) is 0. The number of rotatable bonds is 11. The Hall–Kier alpha value is -1.92. The number of hydrogen-bond acceptors (Lipinski definition) is 5. The molecule has 24 heavy (non-hydrogen) atoms. The Bertz CT molecular complexity index is 528. The van der Waals surface area contributed by atoms with Crippen molar-refractivity contribution in [3.63, 3.8) is 0 Å². The average molecular weight is 337 g/mol. The molecule has 0 heterocycles. The topological polar surface area (TPSA) is 93.1 Å². The van der Waals surface area contributed by atoms with Crippen molar-refractivity contribution >= 4 is 11.9 Å². The zero-order valence-corrected chi connectivity index (χ0v) is 14.2. The molecular weight excluding hydrogens is 312 g/mol. The van der Waals surface area contributed by atoms with E-state index in [-0.39, 0.29) is 17.4 Å². The molecule has 1 aromatic rings. The highest BCUT2D eigenvalue weighted by molar-refractivity contribution is 6.02. The Labute approximate surface area is 142 Å². The van der Waals surface area contributed by atoms with E-state index >= 15 is 0 Å². The fourth-order valence-corrected chi connectivity index (χ4v) is 2.02. The molecule has 1 unspecified atom stereocenters. The van der Waals surface area contributed by atoms with Gasteiger partial charge in [-0.2, -0.15) is 0 Å². The van der Waals surface area contributed by atoms with Crippen molar-refractivity contribution in [1.29, 1.82) is 0 Å². The molecule has 0 amide bonds. The van der Waals surface area contributed by atoms with E-state index in [1.165, 1.54) is 18.2 Å². The van der Waals surface area contributed by atoms with Gasteiger partial charge in [0.2, 0.25) is 0 Å². The number of benzene rings is 1. The molecule has 0 aliphatic heterocycles. The fourth-order valence-electron chi connectivity index (χ4n) is 2.02. The predicted octanol–water partition coefficient (Wildman–Crippen LogP) is 3.40. The second kappa shape index (κ2) is 10.8. The van der Waals surface area contributed by atoms with Crippen LogP contribution in [-0.2, 0) is 9.47 Å². The van der Waals surface area contributed by atoms with Crippen molar-refractivity contribution in [1.82, 2.24) is 0 Å². The van der Waals surface area contributed by atoms with E-state index in [0.717, 1.165) is 25.7 Å². The Balaban J connectivity index is 2.84. The number of carboxylic acid groups (broad SMARTS) is 1. The molecule has 0 fully saturated rings. The van der Waals surface area contributed by atoms with Crippen LogP contribution in [0, 0.1) is 6.29 Å². The molecule has 0 aliphatic carbocycles. The molecule has 133 valence electrons. The fraction of sp³-hybridized carbons (Fsp3) is 0.500. The van der Waals surface area contributed by atoms with Gasteiger partial charge in [-0.05, 0) is 25.0 Å². The number of aliphatic hydroxyl groups excluding tert-OH is 1. The molecule has 0 saturated heterocycles. The van der Waals surface area contributed by atoms with Crippen molar-refractivity contribution in [2.45, 2.75) is 52.1 Å². The summed E-state index contributed by atoms with van der Waals surface area (Å²) >= 11 is 0. The summed E-state index contributed by atoms with van der Waals surface area (Å²) in [6.07, 6.45) is 2.51. The number of esters is 1. The number of carbonyl (C=O) groups excluding carboxylic acids is 1. The number of unbranched alkanes of at least 4 members (excludes halogenated alkanes) is 2. The van der Waals surface area contributed by atoms with Crippen LogP contribution in [0.15, 0.2) is 24.3 Å². The van der Waals surface area contributed by atoms with Crippen molar-refractivity contribution < 1.29 is 29.3 Å². The third-order valence-corrected chi connectivity index (χ3v) is 3.42. The summed E-state index contributed by atoms with van der Waals surface area (Å²) in [4.78, 5) is 23.5. The minimum absolute atomic E-state index is 0.0794. The monoisotopic (exact) mass is 337 g/mol. The van der Waals surface area contributed by atoms with E-state index in [4.69, 9.17) is 14.6 Å². The zero-order chi connectivity index (χ0) is 17.9. The van der Waals surface area contributed by atoms with Gasteiger partial charge in [0, 0.05) is 0 Å². The molecule has 6 heteroatoms. The van der Waals surface area contributed by atoms with Crippen LogP contribution in [0.4, 0.5) is 0 Å². The molecule has 2 N–H and O–H groups in total. The standard InChI is InChI=1S/C18H25O6/c1-3-5-11-15(19)18(23-12-6-4-2)24-17(22)14-10-8-7-9-13(14)16(20)21/h7-10,15,19H,3-6,11-12H2,1-2H3,(H,20,21). The maximum Gasteiger partial charge on any atom is 0.341 e. The second-order valence-electron chi connectivity index (χ2n) is 5.42. The van der Waals surface area contributed by atoms with E-state index < -0.39 is 18.0 Å². The first-order valence-electron chi connectivity index (χ1n) is 8.23. The number of ether oxygens (including phenoxy) is 2. The largest absolute Gasteiger partial charge is 0.478 e. The van der Waals surface area contributed by atoms with Gasteiger partial charge in [0.05, 0.1) is 17.7 Å². The molecule has 1 rings (SSSR count). The Morgan fingerprint density at radius 3 is 2.29 bits per heavy atom. The minimum atomic E-state index is -1.22. The maximum absolute atomic E-state index is 12.3. The molecule has 0 bridgehead atoms. The molecule has 0 aromatic heterocycles. The molecule has 1 aromatic carbocycles. The summed E-state index contributed by atoms with van der Waals surface area (Å²) in [6.45, 7) is 4.30. The van der Waals surface area contributed by atoms with E-state index in [2.05, 4.69) is 0 Å². The molecule has 0 aliphatic rings. The number of aromatic carboxylic acids is 1. The summed E-state index contributed by atoms with van der Waals surface area (Å²) in [5.41, 5.74) is -0.234. The van der Waals surface area contributed by atoms with E-state index in [1.54, 1.807) is 6.07 Å². The predicted molar refractivity (Wildman–Crippen MR) is 88.5 cm³/mol. The number of hydrogen-bond donors (Lipinski definition) is 2. The van der Waals surface area contributed by atoms with Gasteiger partial charge in [-0.25, -0.2) is 9.59 Å². The SMILES string of the molecule is CCCCO[C](OC(=O)c1ccccc1C(=O)O)C(O)CCCC. The van der Waals surface area contributed by atoms with Gasteiger partial charge >= 0.3 is 18.2 Å². The van der Waals surface area contributed by atoms with Gasteiger partial charge in [-0.15, -0.1) is 0 Å². The average Bonchev–Trinajstić information content (AvgIpc) is 2.58. The lowest BCUT2D eigenvalue weighted by Gasteiger charge is -2.21. The maximum atomic E-state index is 12.3. The summed E-state index contributed by atoms with van der Waals surface area (Å²) in [5.74, 6) is -2.07. The van der Waals surface area contributed by atoms with Gasteiger partial charge in [0.1, 0.15) is 6.10 Å². The summed E-state index contributed by atoms with van der Waals surface area (Å²) in [6, 6.07) is 5.77. The van der Waals surface area contributed by atoms with Crippen molar-refractivity contribution in [3.05, 3.63) is 41.7 Å². The lowest BCUT2D eigenvalue weighted by Crippen LogP contribution is -2.27. The van der Waals surface area contributed by atoms with Gasteiger partial charge < -0.3 is 19.7 Å². The van der Waals surface area contributed by atoms with Crippen molar-refractivity contribution in [2.24, 2.45) is 0 Å². The Morgan fingerprint density at radius 2 is 1.71 bits per heavy atom. The Kier molecular flexibility index (Phi) is 9.04. The lowest BCUT2D eigenvalue weighted by atomic mass is 10.1. The van der Waals surface area contributed by atoms with E-state index in [9.17, 15) is 14.7 Å². The minimum Gasteiger partial charge on any atom is -0.478 e. The van der Waals surface area contributed by atoms with Crippen molar-refractivity contribution in [2.75, 3.05) is 6.61 Å². The van der Waals surface area contributed by atoms with Crippen LogP contribution < -0.4 is 0 Å². The first kappa shape index (κ1) is 20.1. The van der Waals surface area contributed by atoms with Crippen LogP contribution in [0.1, 0.15) is 66.7 Å². The highest BCUT2D eigenvalue weighted by atomic mass is 16.7. The summed E-state index contributed by atoms with van der Waals surface area (Å²) < 4.78 is 10.6. The number of carbonyl (C=O) groups is 2. The second-order valence-corrected chi connectivity index (χ2v) is 5.42. The van der Waals surface area contributed by atoms with Crippen LogP contribution in [0.3, 0.4) is 0 Å². The number of carboxylic acids is 1. The highest BCUT2D eigenvalue weighted by Gasteiger charge is 2.28. The van der Waals surface area contributed by atoms with Crippen LogP contribution in [0.5, 0.6) is 0 Å². The van der Waals surface area contributed by atoms with Crippen LogP contribution in [0.2, 0.25) is 0 Å². The molecular formula is C18H25O6. The van der Waals surface area contributed by atoms with Gasteiger partial charge in [0.25, 0.3) is 0 Å². The first-order valence-corrected chi connectivity index (χ1v) is 8.23. The van der Waals surface area contributed by atoms with Crippen LogP contribution in [-0.4, -0.2) is 34.9 Å². The normalized spacial score (nSPS) is 12.2. The molecule has 6 nitrogen and oxygen atoms in total. The highest BCUT2D eigenvalue weighted by Crippen LogP contribution is 2.20. The Morgan fingerprint density at radius 1 is 1.08 bits per heavy atom. The molecule has 1 atom stereocenters. The first-order chi connectivity index (χ1) is 11.5. The zero-order valence-electron chi connectivity index (χ0n) is 14.2. The number of aliphatic hydroxyl groups is 1. The smallest absolute Gasteiger partial charge is 0.341 e. The third-order valence-electron chi connectivity index (χ3n) is 3.42. The molecule has 0 saturated carbocycles. The molecule has 1 radical (unpaired) electrons. The molecule has 0 spiro atoms. The lowest BCUT2D eigenvalue weighted by molar-refractivity contribution is -0.0821. The van der Waals surface area contributed by atoms with Gasteiger partial charge in [-0.3, -0.25) is 0 Å².